The second-order valence-corrected chi connectivity index (χ2v) is 9.05. The van der Waals surface area contributed by atoms with Gasteiger partial charge in [0.2, 0.25) is 11.1 Å². The second kappa shape index (κ2) is 12.5. The smallest absolute Gasteiger partial charge is 0.338 e. The Morgan fingerprint density at radius 3 is 2.64 bits per heavy atom. The molecule has 1 aromatic carbocycles. The van der Waals surface area contributed by atoms with Crippen LogP contribution >= 0.6 is 11.8 Å². The van der Waals surface area contributed by atoms with Gasteiger partial charge in [-0.15, -0.1) is 5.10 Å². The number of hydrogen-bond acceptors (Lipinski definition) is 9. The van der Waals surface area contributed by atoms with Crippen molar-refractivity contribution in [1.82, 2.24) is 19.7 Å². The van der Waals surface area contributed by atoms with Gasteiger partial charge in [0.1, 0.15) is 12.6 Å². The predicted octanol–water partition coefficient (Wildman–Crippen LogP) is 3.66. The molecule has 1 N–H and O–H groups in total. The van der Waals surface area contributed by atoms with Crippen molar-refractivity contribution in [1.29, 1.82) is 0 Å². The van der Waals surface area contributed by atoms with Gasteiger partial charge < -0.3 is 24.4 Å². The lowest BCUT2D eigenvalue weighted by Gasteiger charge is -2.28. The van der Waals surface area contributed by atoms with Crippen molar-refractivity contribution < 1.29 is 23.8 Å². The lowest BCUT2D eigenvalue weighted by molar-refractivity contribution is -0.138. The van der Waals surface area contributed by atoms with Crippen molar-refractivity contribution in [3.63, 3.8) is 0 Å². The van der Waals surface area contributed by atoms with Crippen LogP contribution in [0.2, 0.25) is 0 Å². The molecule has 2 heterocycles. The molecule has 0 saturated heterocycles. The second-order valence-electron chi connectivity index (χ2n) is 7.81. The molecule has 0 aliphatic carbocycles. The number of likely N-dealkylation sites (N-methyl/N-ethyl adjacent to an activating group) is 1. The van der Waals surface area contributed by atoms with Gasteiger partial charge in [-0.1, -0.05) is 37.4 Å². The third kappa shape index (κ3) is 5.84. The molecule has 0 saturated carbocycles. The molecule has 36 heavy (non-hydrogen) atoms. The molecule has 1 unspecified atom stereocenters. The summed E-state index contributed by atoms with van der Waals surface area (Å²) in [5, 5.41) is 8.41. The zero-order valence-corrected chi connectivity index (χ0v) is 22.2. The van der Waals surface area contributed by atoms with Crippen LogP contribution in [0.1, 0.15) is 39.3 Å². The molecule has 0 fully saturated rings. The average molecular weight is 516 g/mol. The molecular formula is C25H33N5O5S. The van der Waals surface area contributed by atoms with Crippen LogP contribution in [0, 0.1) is 0 Å². The van der Waals surface area contributed by atoms with Gasteiger partial charge in [0.15, 0.2) is 18.1 Å². The number of allylic oxidation sites excluding steroid dienone is 1. The molecule has 2 aromatic rings. The van der Waals surface area contributed by atoms with Gasteiger partial charge >= 0.3 is 5.97 Å². The van der Waals surface area contributed by atoms with Gasteiger partial charge in [0.05, 0.1) is 12.7 Å². The number of methoxy groups -OCH3 is 1. The highest BCUT2D eigenvalue weighted by Crippen LogP contribution is 2.39. The molecule has 0 spiro atoms. The maximum absolute atomic E-state index is 13.1. The summed E-state index contributed by atoms with van der Waals surface area (Å²) >= 11 is 1.50. The molecule has 0 bridgehead atoms. The number of carbonyl (C=O) groups is 2. The van der Waals surface area contributed by atoms with E-state index in [1.165, 1.54) is 24.9 Å². The Morgan fingerprint density at radius 2 is 2.00 bits per heavy atom. The number of ether oxygens (including phenoxy) is 3. The molecule has 1 atom stereocenters. The molecule has 1 aliphatic rings. The fourth-order valence-corrected chi connectivity index (χ4v) is 4.44. The molecule has 1 aromatic heterocycles. The summed E-state index contributed by atoms with van der Waals surface area (Å²) in [6.45, 7) is 12.5. The highest BCUT2D eigenvalue weighted by atomic mass is 32.2. The molecule has 3 rings (SSSR count). The van der Waals surface area contributed by atoms with Crippen molar-refractivity contribution in [2.24, 2.45) is 0 Å². The maximum atomic E-state index is 13.1. The predicted molar refractivity (Wildman–Crippen MR) is 138 cm³/mol. The quantitative estimate of drug-likeness (QED) is 0.257. The Labute approximate surface area is 215 Å². The number of hydrogen-bond donors (Lipinski definition) is 1. The van der Waals surface area contributed by atoms with E-state index in [1.807, 2.05) is 26.8 Å². The zero-order chi connectivity index (χ0) is 26.2. The van der Waals surface area contributed by atoms with E-state index in [2.05, 4.69) is 22.0 Å². The molecule has 1 amide bonds. The third-order valence-corrected chi connectivity index (χ3v) is 6.35. The summed E-state index contributed by atoms with van der Waals surface area (Å²) < 4.78 is 18.4. The number of anilines is 1. The number of benzene rings is 1. The van der Waals surface area contributed by atoms with Crippen LogP contribution in [0.3, 0.4) is 0 Å². The van der Waals surface area contributed by atoms with Gasteiger partial charge in [-0.3, -0.25) is 4.79 Å². The van der Waals surface area contributed by atoms with Crippen LogP contribution < -0.4 is 14.8 Å². The van der Waals surface area contributed by atoms with Gasteiger partial charge in [-0.2, -0.15) is 4.98 Å². The van der Waals surface area contributed by atoms with Gasteiger partial charge in [-0.25, -0.2) is 9.48 Å². The number of esters is 1. The first-order chi connectivity index (χ1) is 17.4. The summed E-state index contributed by atoms with van der Waals surface area (Å²) in [5.41, 5.74) is 1.74. The Hall–Kier alpha value is -3.47. The minimum absolute atomic E-state index is 0.0835. The Balaban J connectivity index is 2.00. The molecule has 10 nitrogen and oxygen atoms in total. The first-order valence-corrected chi connectivity index (χ1v) is 12.8. The minimum atomic E-state index is -0.613. The fourth-order valence-electron chi connectivity index (χ4n) is 3.89. The highest BCUT2D eigenvalue weighted by Gasteiger charge is 2.35. The lowest BCUT2D eigenvalue weighted by atomic mass is 9.95. The number of thioether (sulfide) groups is 1. The number of carbonyl (C=O) groups excluding carboxylic acids is 2. The fraction of sp³-hybridized carbons (Fsp3) is 0.440. The van der Waals surface area contributed by atoms with Crippen LogP contribution in [0.15, 0.2) is 47.3 Å². The van der Waals surface area contributed by atoms with E-state index in [9.17, 15) is 9.59 Å². The van der Waals surface area contributed by atoms with Crippen LogP contribution in [-0.2, 0) is 14.3 Å². The number of nitrogens with one attached hydrogen (secondary N) is 1. The molecular weight excluding hydrogens is 482 g/mol. The number of fused-ring (bicyclic) bond motifs is 1. The minimum Gasteiger partial charge on any atom is -0.493 e. The summed E-state index contributed by atoms with van der Waals surface area (Å²) in [5.74, 6) is 1.59. The van der Waals surface area contributed by atoms with Gasteiger partial charge in [0, 0.05) is 18.8 Å². The van der Waals surface area contributed by atoms with E-state index in [4.69, 9.17) is 14.2 Å². The first-order valence-electron chi connectivity index (χ1n) is 11.8. The Kier molecular flexibility index (Phi) is 9.40. The van der Waals surface area contributed by atoms with Gasteiger partial charge in [0.25, 0.3) is 5.91 Å². The molecule has 11 heteroatoms. The van der Waals surface area contributed by atoms with E-state index in [1.54, 1.807) is 28.6 Å². The number of aromatic nitrogens is 3. The van der Waals surface area contributed by atoms with E-state index in [-0.39, 0.29) is 19.1 Å². The lowest BCUT2D eigenvalue weighted by Crippen LogP contribution is -2.34. The van der Waals surface area contributed by atoms with E-state index in [0.29, 0.717) is 47.0 Å². The Morgan fingerprint density at radius 1 is 1.25 bits per heavy atom. The highest BCUT2D eigenvalue weighted by molar-refractivity contribution is 7.99. The van der Waals surface area contributed by atoms with Crippen LogP contribution in [0.5, 0.6) is 11.5 Å². The first kappa shape index (κ1) is 27.1. The van der Waals surface area contributed by atoms with Crippen LogP contribution in [0.25, 0.3) is 0 Å². The van der Waals surface area contributed by atoms with E-state index in [0.717, 1.165) is 11.3 Å². The third-order valence-electron chi connectivity index (χ3n) is 5.63. The number of amides is 1. The van der Waals surface area contributed by atoms with Crippen LogP contribution in [-0.4, -0.2) is 70.7 Å². The van der Waals surface area contributed by atoms with Crippen molar-refractivity contribution in [2.45, 2.75) is 38.9 Å². The zero-order valence-electron chi connectivity index (χ0n) is 21.4. The monoisotopic (exact) mass is 515 g/mol. The van der Waals surface area contributed by atoms with Crippen molar-refractivity contribution in [3.05, 3.63) is 47.7 Å². The van der Waals surface area contributed by atoms with E-state index >= 15 is 0 Å². The maximum Gasteiger partial charge on any atom is 0.338 e. The standard InChI is InChI=1S/C25H33N5O5S/c1-7-13-34-23(32)21-16(5)26-24-27-25(36-10-4)28-30(24)22(21)17-11-12-18(19(14-17)33-6)35-15-20(31)29(8-2)9-3/h7,11-12,14,22H,1,8-10,13,15H2,2-6H3,(H,26,27,28). The van der Waals surface area contributed by atoms with Gasteiger partial charge in [-0.05, 0) is 44.2 Å². The van der Waals surface area contributed by atoms with Crippen LogP contribution in [0.4, 0.5) is 5.95 Å². The summed E-state index contributed by atoms with van der Waals surface area (Å²) in [7, 11) is 1.53. The number of rotatable bonds is 12. The van der Waals surface area contributed by atoms with Crippen molar-refractivity contribution in [3.8, 4) is 11.5 Å². The Bertz CT molecular complexity index is 1140. The van der Waals surface area contributed by atoms with Crippen molar-refractivity contribution in [2.75, 3.05) is 44.5 Å². The average Bonchev–Trinajstić information content (AvgIpc) is 3.27. The number of nitrogens with zero attached hydrogens (tertiary/aromatic N) is 4. The largest absolute Gasteiger partial charge is 0.493 e. The van der Waals surface area contributed by atoms with Crippen molar-refractivity contribution >= 4 is 29.6 Å². The summed E-state index contributed by atoms with van der Waals surface area (Å²) in [6.07, 6.45) is 1.52. The van der Waals surface area contributed by atoms with E-state index < -0.39 is 12.0 Å². The topological polar surface area (TPSA) is 108 Å². The molecule has 194 valence electrons. The molecule has 0 radical (unpaired) electrons. The normalized spacial score (nSPS) is 14.5. The summed E-state index contributed by atoms with van der Waals surface area (Å²) in [4.78, 5) is 31.7. The molecule has 1 aliphatic heterocycles. The summed E-state index contributed by atoms with van der Waals surface area (Å²) in [6, 6.07) is 4.71. The SMILES string of the molecule is C=CCOC(=O)C1=C(C)Nc2nc(SCC)nn2C1c1ccc(OCC(=O)N(CC)CC)c(OC)c1.